The molecule has 0 aromatic carbocycles. The standard InChI is InChI=1S/C9H17NO/c11-9-5-3-7-10-6-2-1-4-8(9)10/h8-9,11H,1-7H2/t8-,9-/m1/s1. The second-order valence-electron chi connectivity index (χ2n) is 3.81. The minimum atomic E-state index is -0.0240. The molecule has 2 rings (SSSR count). The number of hydrogen-bond acceptors (Lipinski definition) is 2. The van der Waals surface area contributed by atoms with Crippen molar-refractivity contribution in [3.05, 3.63) is 0 Å². The van der Waals surface area contributed by atoms with Crippen LogP contribution in [0, 0.1) is 0 Å². The van der Waals surface area contributed by atoms with Crippen molar-refractivity contribution in [1.29, 1.82) is 0 Å². The van der Waals surface area contributed by atoms with Gasteiger partial charge in [0.15, 0.2) is 0 Å². The molecule has 2 heteroatoms. The summed E-state index contributed by atoms with van der Waals surface area (Å²) in [4.78, 5) is 2.47. The molecule has 0 saturated carbocycles. The molecule has 2 fully saturated rings. The van der Waals surface area contributed by atoms with Crippen molar-refractivity contribution in [2.45, 2.75) is 44.2 Å². The van der Waals surface area contributed by atoms with Gasteiger partial charge < -0.3 is 5.11 Å². The second kappa shape index (κ2) is 3.11. The first-order valence-corrected chi connectivity index (χ1v) is 4.80. The van der Waals surface area contributed by atoms with Gasteiger partial charge in [-0.05, 0) is 38.8 Å². The van der Waals surface area contributed by atoms with Gasteiger partial charge in [-0.25, -0.2) is 0 Å². The first-order valence-electron chi connectivity index (χ1n) is 4.80. The van der Waals surface area contributed by atoms with E-state index in [2.05, 4.69) is 4.90 Å². The molecule has 0 spiro atoms. The maximum atomic E-state index is 9.66. The zero-order valence-electron chi connectivity index (χ0n) is 7.00. The quantitative estimate of drug-likeness (QED) is 0.564. The molecule has 2 aliphatic heterocycles. The van der Waals surface area contributed by atoms with Crippen LogP contribution in [-0.4, -0.2) is 35.2 Å². The van der Waals surface area contributed by atoms with E-state index in [0.29, 0.717) is 6.04 Å². The Hall–Kier alpha value is -0.0800. The summed E-state index contributed by atoms with van der Waals surface area (Å²) in [6.07, 6.45) is 6.07. The van der Waals surface area contributed by atoms with Crippen LogP contribution in [0.1, 0.15) is 32.1 Å². The summed E-state index contributed by atoms with van der Waals surface area (Å²) in [7, 11) is 0. The Kier molecular flexibility index (Phi) is 2.14. The highest BCUT2D eigenvalue weighted by molar-refractivity contribution is 4.86. The van der Waals surface area contributed by atoms with E-state index in [1.807, 2.05) is 0 Å². The van der Waals surface area contributed by atoms with E-state index in [1.165, 1.54) is 38.8 Å². The molecule has 2 heterocycles. The third kappa shape index (κ3) is 1.42. The van der Waals surface area contributed by atoms with Gasteiger partial charge in [0.25, 0.3) is 0 Å². The van der Waals surface area contributed by atoms with Crippen LogP contribution in [0.4, 0.5) is 0 Å². The van der Waals surface area contributed by atoms with Crippen LogP contribution in [0.5, 0.6) is 0 Å². The van der Waals surface area contributed by atoms with E-state index in [-0.39, 0.29) is 6.10 Å². The SMILES string of the molecule is O[C@@H]1CCCN2CCCC[C@H]12. The summed E-state index contributed by atoms with van der Waals surface area (Å²) in [5, 5.41) is 9.66. The lowest BCUT2D eigenvalue weighted by Gasteiger charge is -2.42. The Morgan fingerprint density at radius 2 is 1.82 bits per heavy atom. The Morgan fingerprint density at radius 3 is 2.64 bits per heavy atom. The fraction of sp³-hybridized carbons (Fsp3) is 1.00. The molecule has 0 radical (unpaired) electrons. The minimum Gasteiger partial charge on any atom is -0.391 e. The van der Waals surface area contributed by atoms with Crippen molar-refractivity contribution in [1.82, 2.24) is 4.90 Å². The number of piperidine rings is 2. The first-order chi connectivity index (χ1) is 5.38. The van der Waals surface area contributed by atoms with Gasteiger partial charge in [0.1, 0.15) is 0 Å². The van der Waals surface area contributed by atoms with Crippen LogP contribution in [0.3, 0.4) is 0 Å². The van der Waals surface area contributed by atoms with Gasteiger partial charge in [0.05, 0.1) is 6.10 Å². The predicted molar refractivity (Wildman–Crippen MR) is 44.5 cm³/mol. The maximum Gasteiger partial charge on any atom is 0.0695 e. The van der Waals surface area contributed by atoms with Gasteiger partial charge in [0, 0.05) is 6.04 Å². The van der Waals surface area contributed by atoms with Crippen LogP contribution < -0.4 is 0 Å². The molecule has 1 N–H and O–H groups in total. The second-order valence-corrected chi connectivity index (χ2v) is 3.81. The van der Waals surface area contributed by atoms with Gasteiger partial charge in [-0.15, -0.1) is 0 Å². The lowest BCUT2D eigenvalue weighted by molar-refractivity contribution is -0.00844. The lowest BCUT2D eigenvalue weighted by atomic mass is 9.91. The molecule has 0 amide bonds. The first kappa shape index (κ1) is 7.56. The Labute approximate surface area is 68.2 Å². The van der Waals surface area contributed by atoms with Crippen LogP contribution >= 0.6 is 0 Å². The minimum absolute atomic E-state index is 0.0240. The molecule has 11 heavy (non-hydrogen) atoms. The fourth-order valence-electron chi connectivity index (χ4n) is 2.43. The fourth-order valence-corrected chi connectivity index (χ4v) is 2.43. The van der Waals surface area contributed by atoms with Crippen LogP contribution in [0.2, 0.25) is 0 Å². The number of nitrogens with zero attached hydrogens (tertiary/aromatic N) is 1. The monoisotopic (exact) mass is 155 g/mol. The summed E-state index contributed by atoms with van der Waals surface area (Å²) in [5.74, 6) is 0. The lowest BCUT2D eigenvalue weighted by Crippen LogP contribution is -2.50. The smallest absolute Gasteiger partial charge is 0.0695 e. The summed E-state index contributed by atoms with van der Waals surface area (Å²) in [6.45, 7) is 2.45. The van der Waals surface area contributed by atoms with Crippen LogP contribution in [-0.2, 0) is 0 Å². The molecule has 2 aliphatic rings. The summed E-state index contributed by atoms with van der Waals surface area (Å²) in [5.41, 5.74) is 0. The molecule has 0 aliphatic carbocycles. The molecule has 0 aromatic rings. The van der Waals surface area contributed by atoms with Crippen molar-refractivity contribution >= 4 is 0 Å². The summed E-state index contributed by atoms with van der Waals surface area (Å²) >= 11 is 0. The largest absolute Gasteiger partial charge is 0.391 e. The molecule has 64 valence electrons. The molecule has 2 saturated heterocycles. The van der Waals surface area contributed by atoms with E-state index < -0.39 is 0 Å². The van der Waals surface area contributed by atoms with Gasteiger partial charge in [-0.3, -0.25) is 4.90 Å². The molecule has 0 unspecified atom stereocenters. The third-order valence-corrected chi connectivity index (χ3v) is 3.05. The van der Waals surface area contributed by atoms with E-state index >= 15 is 0 Å². The van der Waals surface area contributed by atoms with Crippen molar-refractivity contribution < 1.29 is 5.11 Å². The van der Waals surface area contributed by atoms with E-state index in [4.69, 9.17) is 0 Å². The van der Waals surface area contributed by atoms with E-state index in [1.54, 1.807) is 0 Å². The average Bonchev–Trinajstić information content (AvgIpc) is 2.06. The van der Waals surface area contributed by atoms with Gasteiger partial charge in [-0.2, -0.15) is 0 Å². The van der Waals surface area contributed by atoms with Gasteiger partial charge in [-0.1, -0.05) is 6.42 Å². The summed E-state index contributed by atoms with van der Waals surface area (Å²) < 4.78 is 0. The average molecular weight is 155 g/mol. The van der Waals surface area contributed by atoms with E-state index in [9.17, 15) is 5.11 Å². The van der Waals surface area contributed by atoms with Crippen molar-refractivity contribution in [3.8, 4) is 0 Å². The Morgan fingerprint density at radius 1 is 1.00 bits per heavy atom. The zero-order chi connectivity index (χ0) is 7.68. The number of rotatable bonds is 0. The maximum absolute atomic E-state index is 9.66. The Bertz CT molecular complexity index is 136. The highest BCUT2D eigenvalue weighted by Crippen LogP contribution is 2.25. The van der Waals surface area contributed by atoms with Crippen molar-refractivity contribution in [2.24, 2.45) is 0 Å². The zero-order valence-corrected chi connectivity index (χ0v) is 7.00. The topological polar surface area (TPSA) is 23.5 Å². The van der Waals surface area contributed by atoms with Crippen LogP contribution in [0.25, 0.3) is 0 Å². The van der Waals surface area contributed by atoms with Gasteiger partial charge in [0.2, 0.25) is 0 Å². The molecular formula is C9H17NO. The highest BCUT2D eigenvalue weighted by atomic mass is 16.3. The van der Waals surface area contributed by atoms with Crippen molar-refractivity contribution in [3.63, 3.8) is 0 Å². The molecular weight excluding hydrogens is 138 g/mol. The number of aliphatic hydroxyl groups is 1. The number of fused-ring (bicyclic) bond motifs is 1. The molecule has 2 nitrogen and oxygen atoms in total. The highest BCUT2D eigenvalue weighted by Gasteiger charge is 2.31. The molecule has 2 atom stereocenters. The molecule has 0 bridgehead atoms. The Balaban J connectivity index is 1.99. The van der Waals surface area contributed by atoms with Crippen molar-refractivity contribution in [2.75, 3.05) is 13.1 Å². The van der Waals surface area contributed by atoms with Gasteiger partial charge >= 0.3 is 0 Å². The van der Waals surface area contributed by atoms with E-state index in [0.717, 1.165) is 6.42 Å². The normalized spacial score (nSPS) is 40.1. The third-order valence-electron chi connectivity index (χ3n) is 3.05. The summed E-state index contributed by atoms with van der Waals surface area (Å²) in [6, 6.07) is 0.512. The molecule has 0 aromatic heterocycles. The number of aliphatic hydroxyl groups excluding tert-OH is 1. The number of hydrogen-bond donors (Lipinski definition) is 1. The van der Waals surface area contributed by atoms with Crippen LogP contribution in [0.15, 0.2) is 0 Å². The predicted octanol–water partition coefficient (Wildman–Crippen LogP) is 0.996.